The topological polar surface area (TPSA) is 15.8 Å². The van der Waals surface area contributed by atoms with Gasteiger partial charge in [-0.2, -0.15) is 0 Å². The molecule has 0 saturated carbocycles. The first-order chi connectivity index (χ1) is 8.79. The van der Waals surface area contributed by atoms with Gasteiger partial charge in [-0.05, 0) is 52.7 Å². The molecule has 2 heteroatoms. The van der Waals surface area contributed by atoms with E-state index in [1.165, 1.54) is 59.6 Å². The maximum absolute atomic E-state index is 3.65. The average Bonchev–Trinajstić information content (AvgIpc) is 2.76. The Morgan fingerprint density at radius 1 is 1.39 bits per heavy atom. The Bertz CT molecular complexity index is 555. The van der Waals surface area contributed by atoms with Gasteiger partial charge in [0, 0.05) is 15.6 Å². The molecule has 0 bridgehead atoms. The third-order valence-electron chi connectivity index (χ3n) is 4.24. The van der Waals surface area contributed by atoms with E-state index in [4.69, 9.17) is 0 Å². The molecule has 1 unspecified atom stereocenters. The summed E-state index contributed by atoms with van der Waals surface area (Å²) in [6.07, 6.45) is 7.96. The van der Waals surface area contributed by atoms with Gasteiger partial charge < -0.3 is 4.98 Å². The summed E-state index contributed by atoms with van der Waals surface area (Å²) in [7, 11) is 0. The minimum Gasteiger partial charge on any atom is -0.357 e. The highest BCUT2D eigenvalue weighted by Crippen LogP contribution is 2.35. The van der Waals surface area contributed by atoms with Crippen LogP contribution in [-0.2, 0) is 12.8 Å². The normalized spacial score (nSPS) is 19.1. The summed E-state index contributed by atoms with van der Waals surface area (Å²) in [5.41, 5.74) is 4.35. The first kappa shape index (κ1) is 12.3. The quantitative estimate of drug-likeness (QED) is 0.799. The van der Waals surface area contributed by atoms with Crippen LogP contribution in [0.2, 0.25) is 0 Å². The molecule has 96 valence electrons. The van der Waals surface area contributed by atoms with Gasteiger partial charge in [-0.3, -0.25) is 0 Å². The molecule has 0 spiro atoms. The minimum atomic E-state index is 0.899. The molecule has 1 aliphatic carbocycles. The van der Waals surface area contributed by atoms with E-state index < -0.39 is 0 Å². The fraction of sp³-hybridized carbons (Fsp3) is 0.500. The van der Waals surface area contributed by atoms with Crippen LogP contribution in [0.15, 0.2) is 22.7 Å². The van der Waals surface area contributed by atoms with E-state index in [1.807, 2.05) is 0 Å². The van der Waals surface area contributed by atoms with Crippen molar-refractivity contribution in [3.63, 3.8) is 0 Å². The monoisotopic (exact) mass is 305 g/mol. The zero-order valence-electron chi connectivity index (χ0n) is 10.9. The number of aromatic amines is 1. The van der Waals surface area contributed by atoms with E-state index in [9.17, 15) is 0 Å². The van der Waals surface area contributed by atoms with Crippen LogP contribution >= 0.6 is 15.9 Å². The predicted molar refractivity (Wildman–Crippen MR) is 81.0 cm³/mol. The Morgan fingerprint density at radius 3 is 3.11 bits per heavy atom. The molecule has 0 amide bonds. The van der Waals surface area contributed by atoms with Crippen molar-refractivity contribution in [2.75, 3.05) is 0 Å². The Kier molecular flexibility index (Phi) is 3.47. The number of halogens is 1. The molecule has 2 aromatic rings. The largest absolute Gasteiger partial charge is 0.357 e. The summed E-state index contributed by atoms with van der Waals surface area (Å²) in [4.78, 5) is 3.61. The number of nitrogens with one attached hydrogen (secondary N) is 1. The highest BCUT2D eigenvalue weighted by atomic mass is 79.9. The van der Waals surface area contributed by atoms with Crippen LogP contribution in [0.25, 0.3) is 10.9 Å². The van der Waals surface area contributed by atoms with Gasteiger partial charge in [0.15, 0.2) is 0 Å². The zero-order valence-corrected chi connectivity index (χ0v) is 12.5. The Balaban J connectivity index is 1.94. The van der Waals surface area contributed by atoms with Gasteiger partial charge in [0.1, 0.15) is 0 Å². The third kappa shape index (κ3) is 2.11. The predicted octanol–water partition coefficient (Wildman–Crippen LogP) is 5.23. The van der Waals surface area contributed by atoms with Crippen LogP contribution in [0.5, 0.6) is 0 Å². The fourth-order valence-corrected chi connectivity index (χ4v) is 3.68. The lowest BCUT2D eigenvalue weighted by molar-refractivity contribution is 0.412. The number of H-pyrrole nitrogens is 1. The lowest BCUT2D eigenvalue weighted by Crippen LogP contribution is -2.13. The van der Waals surface area contributed by atoms with Crippen molar-refractivity contribution in [2.45, 2.75) is 45.4 Å². The average molecular weight is 306 g/mol. The van der Waals surface area contributed by atoms with Crippen molar-refractivity contribution in [3.8, 4) is 0 Å². The summed E-state index contributed by atoms with van der Waals surface area (Å²) >= 11 is 3.65. The van der Waals surface area contributed by atoms with Gasteiger partial charge in [-0.15, -0.1) is 0 Å². The fourth-order valence-electron chi connectivity index (χ4n) is 3.22. The highest BCUT2D eigenvalue weighted by molar-refractivity contribution is 9.10. The Hall–Kier alpha value is -0.760. The first-order valence-electron chi connectivity index (χ1n) is 7.07. The number of unbranched alkanes of at least 4 members (excludes halogenated alkanes) is 1. The molecule has 1 nitrogen and oxygen atoms in total. The van der Waals surface area contributed by atoms with E-state index in [-0.39, 0.29) is 0 Å². The lowest BCUT2D eigenvalue weighted by atomic mass is 9.83. The number of aromatic nitrogens is 1. The molecule has 1 aromatic heterocycles. The van der Waals surface area contributed by atoms with Crippen molar-refractivity contribution in [1.29, 1.82) is 0 Å². The minimum absolute atomic E-state index is 0.899. The second-order valence-electron chi connectivity index (χ2n) is 5.50. The maximum Gasteiger partial charge on any atom is 0.0603 e. The summed E-state index contributed by atoms with van der Waals surface area (Å²) in [5, 5.41) is 1.43. The molecule has 1 aliphatic rings. The Labute approximate surface area is 117 Å². The van der Waals surface area contributed by atoms with Gasteiger partial charge in [-0.1, -0.05) is 38.3 Å². The molecule has 0 saturated heterocycles. The highest BCUT2D eigenvalue weighted by Gasteiger charge is 2.22. The summed E-state index contributed by atoms with van der Waals surface area (Å²) in [6.45, 7) is 2.29. The van der Waals surface area contributed by atoms with Gasteiger partial charge in [0.2, 0.25) is 0 Å². The van der Waals surface area contributed by atoms with E-state index in [0.717, 1.165) is 5.92 Å². The molecular formula is C16H20BrN. The number of benzene rings is 1. The summed E-state index contributed by atoms with van der Waals surface area (Å²) in [6, 6.07) is 6.53. The lowest BCUT2D eigenvalue weighted by Gasteiger charge is -2.22. The van der Waals surface area contributed by atoms with Gasteiger partial charge >= 0.3 is 0 Å². The molecular weight excluding hydrogens is 286 g/mol. The molecule has 3 rings (SSSR count). The van der Waals surface area contributed by atoms with Crippen LogP contribution in [-0.4, -0.2) is 4.98 Å². The summed E-state index contributed by atoms with van der Waals surface area (Å²) < 4.78 is 1.19. The van der Waals surface area contributed by atoms with E-state index in [1.54, 1.807) is 5.56 Å². The first-order valence-corrected chi connectivity index (χ1v) is 7.86. The SMILES string of the molecule is CCCCC1CCc2[nH]c3c(Br)cccc3c2C1. The van der Waals surface area contributed by atoms with Gasteiger partial charge in [0.05, 0.1) is 5.52 Å². The second kappa shape index (κ2) is 5.08. The molecule has 0 aliphatic heterocycles. The second-order valence-corrected chi connectivity index (χ2v) is 6.35. The van der Waals surface area contributed by atoms with E-state index in [2.05, 4.69) is 46.0 Å². The zero-order chi connectivity index (χ0) is 12.5. The van der Waals surface area contributed by atoms with Crippen molar-refractivity contribution in [2.24, 2.45) is 5.92 Å². The molecule has 1 atom stereocenters. The number of para-hydroxylation sites is 1. The molecule has 0 radical (unpaired) electrons. The maximum atomic E-state index is 3.65. The standard InChI is InChI=1S/C16H20BrN/c1-2-3-5-11-8-9-15-13(10-11)12-6-4-7-14(17)16(12)18-15/h4,6-7,11,18H,2-3,5,8-10H2,1H3. The van der Waals surface area contributed by atoms with Crippen molar-refractivity contribution in [1.82, 2.24) is 4.98 Å². The van der Waals surface area contributed by atoms with Crippen LogP contribution in [0.4, 0.5) is 0 Å². The van der Waals surface area contributed by atoms with E-state index in [0.29, 0.717) is 0 Å². The third-order valence-corrected chi connectivity index (χ3v) is 4.90. The number of rotatable bonds is 3. The number of hydrogen-bond acceptors (Lipinski definition) is 0. The van der Waals surface area contributed by atoms with Crippen LogP contribution in [0, 0.1) is 5.92 Å². The number of fused-ring (bicyclic) bond motifs is 3. The van der Waals surface area contributed by atoms with Crippen LogP contribution in [0.1, 0.15) is 43.9 Å². The van der Waals surface area contributed by atoms with Crippen LogP contribution < -0.4 is 0 Å². The molecule has 1 N–H and O–H groups in total. The van der Waals surface area contributed by atoms with E-state index >= 15 is 0 Å². The molecule has 1 heterocycles. The van der Waals surface area contributed by atoms with Crippen molar-refractivity contribution in [3.05, 3.63) is 33.9 Å². The summed E-state index contributed by atoms with van der Waals surface area (Å²) in [5.74, 6) is 0.899. The van der Waals surface area contributed by atoms with Crippen molar-refractivity contribution < 1.29 is 0 Å². The molecule has 1 aromatic carbocycles. The number of aryl methyl sites for hydroxylation is 1. The smallest absolute Gasteiger partial charge is 0.0603 e. The molecule has 0 fully saturated rings. The van der Waals surface area contributed by atoms with Gasteiger partial charge in [-0.25, -0.2) is 0 Å². The van der Waals surface area contributed by atoms with Crippen molar-refractivity contribution >= 4 is 26.8 Å². The number of hydrogen-bond donors (Lipinski definition) is 1. The van der Waals surface area contributed by atoms with Gasteiger partial charge in [0.25, 0.3) is 0 Å². The molecule has 18 heavy (non-hydrogen) atoms. The Morgan fingerprint density at radius 2 is 2.28 bits per heavy atom. The van der Waals surface area contributed by atoms with Crippen LogP contribution in [0.3, 0.4) is 0 Å².